The molecule has 5 amide bonds. The van der Waals surface area contributed by atoms with Crippen LogP contribution in [0.25, 0.3) is 0 Å². The third kappa shape index (κ3) is 6.06. The number of halogens is 1. The predicted molar refractivity (Wildman–Crippen MR) is 104 cm³/mol. The minimum Gasteiger partial charge on any atom is -0.356 e. The molecule has 146 valence electrons. The molecule has 0 unspecified atom stereocenters. The number of imide groups is 1. The van der Waals surface area contributed by atoms with Gasteiger partial charge in [0.1, 0.15) is 6.54 Å². The zero-order chi connectivity index (χ0) is 20.0. The lowest BCUT2D eigenvalue weighted by atomic mass is 10.2. The molecule has 1 aliphatic rings. The van der Waals surface area contributed by atoms with Crippen molar-refractivity contribution in [2.24, 2.45) is 0 Å². The first-order valence-corrected chi connectivity index (χ1v) is 9.45. The van der Waals surface area contributed by atoms with Gasteiger partial charge in [0.15, 0.2) is 0 Å². The smallest absolute Gasteiger partial charge is 0.326 e. The number of urea groups is 1. The van der Waals surface area contributed by atoms with Crippen LogP contribution in [0.1, 0.15) is 24.8 Å². The molecule has 8 nitrogen and oxygen atoms in total. The highest BCUT2D eigenvalue weighted by Crippen LogP contribution is 2.20. The van der Waals surface area contributed by atoms with Crippen LogP contribution in [0, 0.1) is 6.92 Å². The summed E-state index contributed by atoms with van der Waals surface area (Å²) >= 11 is 3.36. The number of carbonyl (C=O) groups is 4. The molecule has 0 saturated carbocycles. The molecular formula is C18H23BrN4O4. The maximum atomic E-state index is 12.0. The van der Waals surface area contributed by atoms with Crippen LogP contribution >= 0.6 is 15.9 Å². The van der Waals surface area contributed by atoms with E-state index in [0.29, 0.717) is 6.42 Å². The number of amides is 5. The van der Waals surface area contributed by atoms with Crippen molar-refractivity contribution in [1.82, 2.24) is 15.1 Å². The summed E-state index contributed by atoms with van der Waals surface area (Å²) in [6, 6.07) is 5.28. The molecule has 1 aromatic rings. The van der Waals surface area contributed by atoms with Gasteiger partial charge < -0.3 is 15.5 Å². The average Bonchev–Trinajstić information content (AvgIpc) is 2.84. The molecule has 27 heavy (non-hydrogen) atoms. The number of carbonyl (C=O) groups excluding carboxylic acids is 4. The summed E-state index contributed by atoms with van der Waals surface area (Å²) in [6.07, 6.45) is 0.735. The third-order valence-electron chi connectivity index (χ3n) is 4.16. The van der Waals surface area contributed by atoms with Crippen LogP contribution in [0.3, 0.4) is 0 Å². The molecule has 1 aliphatic heterocycles. The van der Waals surface area contributed by atoms with Crippen molar-refractivity contribution in [2.45, 2.75) is 26.2 Å². The number of hydrogen-bond acceptors (Lipinski definition) is 4. The highest BCUT2D eigenvalue weighted by molar-refractivity contribution is 9.10. The van der Waals surface area contributed by atoms with Gasteiger partial charge >= 0.3 is 6.03 Å². The van der Waals surface area contributed by atoms with Crippen molar-refractivity contribution < 1.29 is 19.2 Å². The summed E-state index contributed by atoms with van der Waals surface area (Å²) in [7, 11) is 1.56. The Kier molecular flexibility index (Phi) is 7.35. The lowest BCUT2D eigenvalue weighted by Crippen LogP contribution is -2.33. The van der Waals surface area contributed by atoms with E-state index in [0.717, 1.165) is 20.6 Å². The second-order valence-corrected chi connectivity index (χ2v) is 7.31. The van der Waals surface area contributed by atoms with Crippen LogP contribution in [0.15, 0.2) is 22.7 Å². The zero-order valence-corrected chi connectivity index (χ0v) is 17.0. The topological polar surface area (TPSA) is 98.8 Å². The Morgan fingerprint density at radius 1 is 1.19 bits per heavy atom. The number of aryl methyl sites for hydroxylation is 1. The fraction of sp³-hybridized carbons (Fsp3) is 0.444. The molecule has 9 heteroatoms. The summed E-state index contributed by atoms with van der Waals surface area (Å²) in [5, 5.41) is 5.49. The third-order valence-corrected chi connectivity index (χ3v) is 4.66. The number of nitrogens with one attached hydrogen (secondary N) is 2. The second-order valence-electron chi connectivity index (χ2n) is 6.39. The molecule has 0 atom stereocenters. The van der Waals surface area contributed by atoms with Crippen molar-refractivity contribution in [2.75, 3.05) is 32.0 Å². The molecule has 0 aromatic heterocycles. The minimum atomic E-state index is -0.333. The monoisotopic (exact) mass is 438 g/mol. The molecule has 0 bridgehead atoms. The van der Waals surface area contributed by atoms with Crippen LogP contribution in [-0.2, 0) is 14.4 Å². The first-order chi connectivity index (χ1) is 12.8. The van der Waals surface area contributed by atoms with Gasteiger partial charge in [-0.1, -0.05) is 22.0 Å². The lowest BCUT2D eigenvalue weighted by Gasteiger charge is -2.13. The number of likely N-dealkylation sites (N-methyl/N-ethyl adjacent to an activating group) is 1. The van der Waals surface area contributed by atoms with Gasteiger partial charge in [-0.3, -0.25) is 19.3 Å². The van der Waals surface area contributed by atoms with E-state index in [-0.39, 0.29) is 56.2 Å². The molecule has 1 saturated heterocycles. The van der Waals surface area contributed by atoms with E-state index < -0.39 is 0 Å². The van der Waals surface area contributed by atoms with Crippen LogP contribution in [0.4, 0.5) is 10.5 Å². The molecule has 2 rings (SSSR count). The highest BCUT2D eigenvalue weighted by Gasteiger charge is 2.32. The maximum Gasteiger partial charge on any atom is 0.326 e. The Labute approximate surface area is 166 Å². The summed E-state index contributed by atoms with van der Waals surface area (Å²) in [6.45, 7) is 2.43. The van der Waals surface area contributed by atoms with E-state index in [4.69, 9.17) is 0 Å². The number of benzene rings is 1. The van der Waals surface area contributed by atoms with Crippen molar-refractivity contribution in [3.05, 3.63) is 28.2 Å². The molecule has 2 N–H and O–H groups in total. The van der Waals surface area contributed by atoms with Crippen LogP contribution in [0.2, 0.25) is 0 Å². The van der Waals surface area contributed by atoms with Crippen molar-refractivity contribution in [1.29, 1.82) is 0 Å². The van der Waals surface area contributed by atoms with E-state index in [1.54, 1.807) is 7.05 Å². The van der Waals surface area contributed by atoms with Gasteiger partial charge in [0, 0.05) is 43.1 Å². The normalized spacial score (nSPS) is 13.9. The van der Waals surface area contributed by atoms with E-state index in [9.17, 15) is 19.2 Å². The fourth-order valence-electron chi connectivity index (χ4n) is 2.63. The van der Waals surface area contributed by atoms with Crippen molar-refractivity contribution >= 4 is 45.4 Å². The van der Waals surface area contributed by atoms with Gasteiger partial charge in [0.25, 0.3) is 0 Å². The van der Waals surface area contributed by atoms with Crippen LogP contribution < -0.4 is 10.6 Å². The van der Waals surface area contributed by atoms with Crippen LogP contribution in [0.5, 0.6) is 0 Å². The molecule has 0 radical (unpaired) electrons. The lowest BCUT2D eigenvalue weighted by molar-refractivity contribution is -0.126. The fourth-order valence-corrected chi connectivity index (χ4v) is 2.99. The number of anilines is 1. The highest BCUT2D eigenvalue weighted by atomic mass is 79.9. The number of rotatable bonds is 8. The molecule has 1 heterocycles. The Bertz CT molecular complexity index is 753. The van der Waals surface area contributed by atoms with Gasteiger partial charge in [0.2, 0.25) is 17.7 Å². The van der Waals surface area contributed by atoms with Gasteiger partial charge in [0.05, 0.1) is 0 Å². The van der Waals surface area contributed by atoms with Gasteiger partial charge in [-0.05, 0) is 31.0 Å². The average molecular weight is 439 g/mol. The summed E-state index contributed by atoms with van der Waals surface area (Å²) in [5.74, 6) is -0.649. The number of hydrogen-bond donors (Lipinski definition) is 2. The van der Waals surface area contributed by atoms with Crippen molar-refractivity contribution in [3.8, 4) is 0 Å². The first kappa shape index (κ1) is 20.9. The largest absolute Gasteiger partial charge is 0.356 e. The minimum absolute atomic E-state index is 0.0810. The molecular weight excluding hydrogens is 416 g/mol. The van der Waals surface area contributed by atoms with E-state index in [1.807, 2.05) is 25.1 Å². The van der Waals surface area contributed by atoms with Crippen molar-refractivity contribution in [3.63, 3.8) is 0 Å². The van der Waals surface area contributed by atoms with Gasteiger partial charge in [-0.2, -0.15) is 0 Å². The van der Waals surface area contributed by atoms with Gasteiger partial charge in [-0.25, -0.2) is 4.79 Å². The summed E-state index contributed by atoms with van der Waals surface area (Å²) in [5.41, 5.74) is 1.68. The second kappa shape index (κ2) is 9.50. The molecule has 0 spiro atoms. The van der Waals surface area contributed by atoms with Crippen LogP contribution in [-0.4, -0.2) is 60.2 Å². The van der Waals surface area contributed by atoms with E-state index in [1.165, 1.54) is 4.90 Å². The van der Waals surface area contributed by atoms with E-state index >= 15 is 0 Å². The molecule has 0 aliphatic carbocycles. The summed E-state index contributed by atoms with van der Waals surface area (Å²) in [4.78, 5) is 49.7. The predicted octanol–water partition coefficient (Wildman–Crippen LogP) is 1.88. The molecule has 1 fully saturated rings. The maximum absolute atomic E-state index is 12.0. The quantitative estimate of drug-likeness (QED) is 0.605. The Hall–Kier alpha value is -2.42. The summed E-state index contributed by atoms with van der Waals surface area (Å²) < 4.78 is 0.873. The van der Waals surface area contributed by atoms with Gasteiger partial charge in [-0.15, -0.1) is 0 Å². The number of nitrogens with zero attached hydrogens (tertiary/aromatic N) is 2. The first-order valence-electron chi connectivity index (χ1n) is 8.66. The zero-order valence-electron chi connectivity index (χ0n) is 15.4. The SMILES string of the molecule is Cc1ccc(Br)cc1NC(=O)CCNC(=O)CCCN1C(=O)CN(C)C1=O. The molecule has 1 aromatic carbocycles. The Morgan fingerprint density at radius 3 is 2.59 bits per heavy atom. The Balaban J connectivity index is 1.64. The standard InChI is InChI=1S/C18H23BrN4O4/c1-12-5-6-13(19)10-14(12)21-16(25)7-8-20-15(24)4-3-9-23-17(26)11-22(2)18(23)27/h5-6,10H,3-4,7-9,11H2,1-2H3,(H,20,24)(H,21,25). The van der Waals surface area contributed by atoms with E-state index in [2.05, 4.69) is 26.6 Å². The Morgan fingerprint density at radius 2 is 1.93 bits per heavy atom.